The van der Waals surface area contributed by atoms with Crippen molar-refractivity contribution in [1.29, 1.82) is 0 Å². The largest absolute Gasteiger partial charge is 0.322 e. The predicted octanol–water partition coefficient (Wildman–Crippen LogP) is 2.46. The predicted molar refractivity (Wildman–Crippen MR) is 52.2 cm³/mol. The molecule has 2 N–H and O–H groups in total. The molecule has 13 heavy (non-hydrogen) atoms. The van der Waals surface area contributed by atoms with Crippen molar-refractivity contribution in [2.75, 3.05) is 0 Å². The number of rotatable bonds is 1. The maximum absolute atomic E-state index is 12.8. The van der Waals surface area contributed by atoms with Crippen molar-refractivity contribution >= 4 is 21.6 Å². The van der Waals surface area contributed by atoms with E-state index in [0.29, 0.717) is 5.52 Å². The van der Waals surface area contributed by atoms with Gasteiger partial charge in [0.15, 0.2) is 0 Å². The normalized spacial score (nSPS) is 13.5. The molecular weight excluding hydrogens is 187 g/mol. The van der Waals surface area contributed by atoms with Crippen LogP contribution in [0.25, 0.3) is 10.2 Å². The van der Waals surface area contributed by atoms with Crippen LogP contribution in [0.3, 0.4) is 0 Å². The minimum Gasteiger partial charge on any atom is -0.322 e. The molecule has 0 saturated heterocycles. The first-order valence-corrected chi connectivity index (χ1v) is 4.80. The lowest BCUT2D eigenvalue weighted by molar-refractivity contribution is 0.629. The number of hydrogen-bond acceptors (Lipinski definition) is 3. The van der Waals surface area contributed by atoms with Crippen molar-refractivity contribution in [2.24, 2.45) is 5.73 Å². The first-order chi connectivity index (χ1) is 6.16. The molecule has 0 aliphatic rings. The Labute approximate surface area is 79.2 Å². The summed E-state index contributed by atoms with van der Waals surface area (Å²) in [5.74, 6) is -0.256. The first kappa shape index (κ1) is 8.59. The number of thiazole rings is 1. The van der Waals surface area contributed by atoms with Crippen molar-refractivity contribution in [3.63, 3.8) is 0 Å². The zero-order valence-electron chi connectivity index (χ0n) is 7.12. The molecule has 0 aliphatic heterocycles. The zero-order chi connectivity index (χ0) is 9.42. The second-order valence-corrected chi connectivity index (χ2v) is 4.02. The third-order valence-corrected chi connectivity index (χ3v) is 2.99. The molecule has 1 heterocycles. The van der Waals surface area contributed by atoms with E-state index in [2.05, 4.69) is 4.98 Å². The summed E-state index contributed by atoms with van der Waals surface area (Å²) >= 11 is 1.51. The van der Waals surface area contributed by atoms with Gasteiger partial charge in [0.05, 0.1) is 16.3 Å². The van der Waals surface area contributed by atoms with Crippen LogP contribution in [0, 0.1) is 5.82 Å². The fourth-order valence-electron chi connectivity index (χ4n) is 1.11. The first-order valence-electron chi connectivity index (χ1n) is 3.98. The topological polar surface area (TPSA) is 38.9 Å². The van der Waals surface area contributed by atoms with Crippen LogP contribution in [0.15, 0.2) is 18.2 Å². The molecular formula is C9H9FN2S. The van der Waals surface area contributed by atoms with Crippen LogP contribution in [-0.2, 0) is 0 Å². The molecule has 1 aromatic heterocycles. The molecule has 1 aromatic carbocycles. The molecule has 68 valence electrons. The Morgan fingerprint density at radius 1 is 1.54 bits per heavy atom. The molecule has 0 radical (unpaired) electrons. The summed E-state index contributed by atoms with van der Waals surface area (Å²) in [5, 5.41) is 0.848. The van der Waals surface area contributed by atoms with E-state index in [1.54, 1.807) is 6.07 Å². The van der Waals surface area contributed by atoms with Gasteiger partial charge < -0.3 is 5.73 Å². The van der Waals surface area contributed by atoms with Crippen molar-refractivity contribution in [2.45, 2.75) is 13.0 Å². The molecule has 0 unspecified atom stereocenters. The average molecular weight is 196 g/mol. The van der Waals surface area contributed by atoms with Gasteiger partial charge in [0.2, 0.25) is 0 Å². The van der Waals surface area contributed by atoms with E-state index in [0.717, 1.165) is 9.71 Å². The lowest BCUT2D eigenvalue weighted by atomic mass is 10.3. The highest BCUT2D eigenvalue weighted by molar-refractivity contribution is 7.18. The Balaban J connectivity index is 2.62. The van der Waals surface area contributed by atoms with Gasteiger partial charge in [-0.15, -0.1) is 11.3 Å². The number of halogens is 1. The van der Waals surface area contributed by atoms with Crippen LogP contribution in [0.2, 0.25) is 0 Å². The summed E-state index contributed by atoms with van der Waals surface area (Å²) in [6.07, 6.45) is 0. The van der Waals surface area contributed by atoms with Crippen LogP contribution < -0.4 is 5.73 Å². The monoisotopic (exact) mass is 196 g/mol. The molecule has 4 heteroatoms. The number of hydrogen-bond donors (Lipinski definition) is 1. The molecule has 0 bridgehead atoms. The van der Waals surface area contributed by atoms with E-state index in [9.17, 15) is 4.39 Å². The van der Waals surface area contributed by atoms with Crippen molar-refractivity contribution < 1.29 is 4.39 Å². The lowest BCUT2D eigenvalue weighted by Gasteiger charge is -1.95. The summed E-state index contributed by atoms with van der Waals surface area (Å²) in [6, 6.07) is 4.51. The van der Waals surface area contributed by atoms with Gasteiger partial charge in [0.1, 0.15) is 10.8 Å². The Morgan fingerprint density at radius 2 is 2.31 bits per heavy atom. The average Bonchev–Trinajstić information content (AvgIpc) is 2.46. The highest BCUT2D eigenvalue weighted by atomic mass is 32.1. The summed E-state index contributed by atoms with van der Waals surface area (Å²) in [7, 11) is 0. The van der Waals surface area contributed by atoms with Crippen LogP contribution in [0.5, 0.6) is 0 Å². The summed E-state index contributed by atoms with van der Waals surface area (Å²) in [6.45, 7) is 1.87. The number of nitrogens with zero attached hydrogens (tertiary/aromatic N) is 1. The summed E-state index contributed by atoms with van der Waals surface area (Å²) in [5.41, 5.74) is 6.36. The summed E-state index contributed by atoms with van der Waals surface area (Å²) < 4.78 is 13.8. The molecule has 2 nitrogen and oxygen atoms in total. The molecule has 2 aromatic rings. The van der Waals surface area contributed by atoms with E-state index < -0.39 is 0 Å². The van der Waals surface area contributed by atoms with Crippen LogP contribution in [0.1, 0.15) is 18.0 Å². The van der Waals surface area contributed by atoms with Gasteiger partial charge in [-0.1, -0.05) is 0 Å². The van der Waals surface area contributed by atoms with Crippen LogP contribution in [-0.4, -0.2) is 4.98 Å². The second kappa shape index (κ2) is 3.05. The van der Waals surface area contributed by atoms with Gasteiger partial charge in [0.25, 0.3) is 0 Å². The molecule has 2 rings (SSSR count). The van der Waals surface area contributed by atoms with Crippen LogP contribution in [0.4, 0.5) is 4.39 Å². The highest BCUT2D eigenvalue weighted by Crippen LogP contribution is 2.25. The Kier molecular flexibility index (Phi) is 2.01. The fraction of sp³-hybridized carbons (Fsp3) is 0.222. The molecule has 0 saturated carbocycles. The van der Waals surface area contributed by atoms with Gasteiger partial charge in [-0.05, 0) is 19.1 Å². The van der Waals surface area contributed by atoms with Crippen LogP contribution >= 0.6 is 11.3 Å². The number of aromatic nitrogens is 1. The van der Waals surface area contributed by atoms with E-state index in [4.69, 9.17) is 5.73 Å². The smallest absolute Gasteiger partial charge is 0.125 e. The van der Waals surface area contributed by atoms with E-state index in [1.807, 2.05) is 6.92 Å². The Hall–Kier alpha value is -1.00. The van der Waals surface area contributed by atoms with Gasteiger partial charge in [0, 0.05) is 6.07 Å². The highest BCUT2D eigenvalue weighted by Gasteiger charge is 2.07. The maximum atomic E-state index is 12.8. The van der Waals surface area contributed by atoms with Gasteiger partial charge in [-0.3, -0.25) is 0 Å². The third-order valence-electron chi connectivity index (χ3n) is 1.76. The zero-order valence-corrected chi connectivity index (χ0v) is 7.94. The van der Waals surface area contributed by atoms with E-state index in [-0.39, 0.29) is 11.9 Å². The van der Waals surface area contributed by atoms with E-state index in [1.165, 1.54) is 23.5 Å². The van der Waals surface area contributed by atoms with Gasteiger partial charge >= 0.3 is 0 Å². The lowest BCUT2D eigenvalue weighted by Crippen LogP contribution is -2.03. The third kappa shape index (κ3) is 1.55. The number of benzene rings is 1. The molecule has 0 amide bonds. The SMILES string of the molecule is C[C@@H](N)c1nc2cc(F)ccc2s1. The molecule has 0 fully saturated rings. The minimum atomic E-state index is -0.256. The molecule has 1 atom stereocenters. The number of fused-ring (bicyclic) bond motifs is 1. The standard InChI is InChI=1S/C9H9FN2S/c1-5(11)9-12-7-4-6(10)2-3-8(7)13-9/h2-5H,11H2,1H3/t5-/m1/s1. The molecule has 0 spiro atoms. The molecule has 0 aliphatic carbocycles. The summed E-state index contributed by atoms with van der Waals surface area (Å²) in [4.78, 5) is 4.23. The quantitative estimate of drug-likeness (QED) is 0.760. The van der Waals surface area contributed by atoms with E-state index >= 15 is 0 Å². The Morgan fingerprint density at radius 3 is 3.00 bits per heavy atom. The van der Waals surface area contributed by atoms with Crippen molar-refractivity contribution in [3.05, 3.63) is 29.0 Å². The fourth-order valence-corrected chi connectivity index (χ4v) is 2.01. The van der Waals surface area contributed by atoms with Gasteiger partial charge in [-0.2, -0.15) is 0 Å². The van der Waals surface area contributed by atoms with Crippen molar-refractivity contribution in [1.82, 2.24) is 4.98 Å². The second-order valence-electron chi connectivity index (χ2n) is 2.95. The van der Waals surface area contributed by atoms with Gasteiger partial charge in [-0.25, -0.2) is 9.37 Å². The maximum Gasteiger partial charge on any atom is 0.125 e. The number of nitrogens with two attached hydrogens (primary N) is 1. The Bertz CT molecular complexity index is 436. The van der Waals surface area contributed by atoms with Crippen molar-refractivity contribution in [3.8, 4) is 0 Å². The minimum absolute atomic E-state index is 0.0829.